The normalized spacial score (nSPS) is 15.3. The molecule has 1 aliphatic rings. The molecule has 1 aromatic carbocycles. The molecule has 1 aromatic rings. The summed E-state index contributed by atoms with van der Waals surface area (Å²) in [7, 11) is 0. The van der Waals surface area contributed by atoms with Crippen molar-refractivity contribution >= 4 is 24.2 Å². The summed E-state index contributed by atoms with van der Waals surface area (Å²) < 4.78 is 5.04. The van der Waals surface area contributed by atoms with E-state index in [-0.39, 0.29) is 17.3 Å². The summed E-state index contributed by atoms with van der Waals surface area (Å²) in [6.07, 6.45) is 0. The molecule has 0 saturated heterocycles. The van der Waals surface area contributed by atoms with E-state index in [1.807, 2.05) is 32.0 Å². The fourth-order valence-corrected chi connectivity index (χ4v) is 1.60. The van der Waals surface area contributed by atoms with Crippen molar-refractivity contribution in [3.63, 3.8) is 0 Å². The first-order valence-corrected chi connectivity index (χ1v) is 5.21. The van der Waals surface area contributed by atoms with E-state index in [9.17, 15) is 4.79 Å². The minimum Gasteiger partial charge on any atom is -0.482 e. The van der Waals surface area contributed by atoms with Gasteiger partial charge in [-0.15, -0.1) is 0 Å². The molecular weight excluding hydrogens is 210 g/mol. The standard InChI is InChI=1S/C11H13NO2S/c1-11(2,15)7-3-4-9-8(5-7)12-10(13)6-14-9/h3-5,15H,6H2,1-2H3,(H,12,13). The van der Waals surface area contributed by atoms with Gasteiger partial charge in [-0.25, -0.2) is 0 Å². The first-order valence-electron chi connectivity index (χ1n) is 4.76. The Morgan fingerprint density at radius 1 is 1.47 bits per heavy atom. The Kier molecular flexibility index (Phi) is 2.38. The molecule has 0 aromatic heterocycles. The van der Waals surface area contributed by atoms with E-state index in [0.29, 0.717) is 0 Å². The van der Waals surface area contributed by atoms with Gasteiger partial charge in [0, 0.05) is 4.75 Å². The molecule has 2 rings (SSSR count). The van der Waals surface area contributed by atoms with Gasteiger partial charge in [-0.05, 0) is 31.5 Å². The summed E-state index contributed by atoms with van der Waals surface area (Å²) in [6, 6.07) is 5.73. The van der Waals surface area contributed by atoms with E-state index in [2.05, 4.69) is 17.9 Å². The largest absolute Gasteiger partial charge is 0.482 e. The molecule has 1 N–H and O–H groups in total. The quantitative estimate of drug-likeness (QED) is 0.716. The van der Waals surface area contributed by atoms with Gasteiger partial charge in [-0.3, -0.25) is 4.79 Å². The van der Waals surface area contributed by atoms with Gasteiger partial charge in [-0.1, -0.05) is 6.07 Å². The van der Waals surface area contributed by atoms with Crippen molar-refractivity contribution in [2.45, 2.75) is 18.6 Å². The third-order valence-corrected chi connectivity index (χ3v) is 2.58. The smallest absolute Gasteiger partial charge is 0.262 e. The lowest BCUT2D eigenvalue weighted by Gasteiger charge is -2.23. The number of ether oxygens (including phenoxy) is 1. The Morgan fingerprint density at radius 3 is 2.87 bits per heavy atom. The molecule has 0 radical (unpaired) electrons. The summed E-state index contributed by atoms with van der Waals surface area (Å²) in [6.45, 7) is 4.10. The topological polar surface area (TPSA) is 38.3 Å². The maximum Gasteiger partial charge on any atom is 0.262 e. The average Bonchev–Trinajstić information content (AvgIpc) is 2.15. The first kappa shape index (κ1) is 10.4. The fourth-order valence-electron chi connectivity index (χ4n) is 1.46. The van der Waals surface area contributed by atoms with Crippen LogP contribution in [-0.4, -0.2) is 12.5 Å². The van der Waals surface area contributed by atoms with Crippen molar-refractivity contribution in [2.75, 3.05) is 11.9 Å². The van der Waals surface area contributed by atoms with Crippen molar-refractivity contribution in [3.8, 4) is 5.75 Å². The lowest BCUT2D eigenvalue weighted by Crippen LogP contribution is -2.25. The van der Waals surface area contributed by atoms with E-state index in [1.165, 1.54) is 0 Å². The molecule has 1 amide bonds. The van der Waals surface area contributed by atoms with Gasteiger partial charge in [-0.2, -0.15) is 12.6 Å². The second kappa shape index (κ2) is 3.45. The van der Waals surface area contributed by atoms with Gasteiger partial charge < -0.3 is 10.1 Å². The molecule has 1 heterocycles. The van der Waals surface area contributed by atoms with E-state index in [4.69, 9.17) is 4.74 Å². The van der Waals surface area contributed by atoms with Crippen LogP contribution in [0.15, 0.2) is 18.2 Å². The Bertz CT molecular complexity index is 410. The van der Waals surface area contributed by atoms with Crippen LogP contribution in [0.1, 0.15) is 19.4 Å². The molecule has 0 aliphatic carbocycles. The highest BCUT2D eigenvalue weighted by Gasteiger charge is 2.20. The van der Waals surface area contributed by atoms with E-state index in [1.54, 1.807) is 0 Å². The number of hydrogen-bond acceptors (Lipinski definition) is 3. The molecule has 0 unspecified atom stereocenters. The molecule has 3 nitrogen and oxygen atoms in total. The van der Waals surface area contributed by atoms with Crippen molar-refractivity contribution in [1.82, 2.24) is 0 Å². The van der Waals surface area contributed by atoms with Gasteiger partial charge >= 0.3 is 0 Å². The number of rotatable bonds is 1. The fraction of sp³-hybridized carbons (Fsp3) is 0.364. The molecule has 0 bridgehead atoms. The van der Waals surface area contributed by atoms with Crippen molar-refractivity contribution < 1.29 is 9.53 Å². The van der Waals surface area contributed by atoms with Crippen LogP contribution in [0.5, 0.6) is 5.75 Å². The Balaban J connectivity index is 2.41. The van der Waals surface area contributed by atoms with Gasteiger partial charge in [0.15, 0.2) is 6.61 Å². The van der Waals surface area contributed by atoms with Gasteiger partial charge in [0.2, 0.25) is 0 Å². The lowest BCUT2D eigenvalue weighted by atomic mass is 10.0. The van der Waals surface area contributed by atoms with Crippen LogP contribution in [0.25, 0.3) is 0 Å². The van der Waals surface area contributed by atoms with Crippen molar-refractivity contribution in [1.29, 1.82) is 0 Å². The minimum atomic E-state index is -0.225. The number of carbonyl (C=O) groups excluding carboxylic acids is 1. The molecule has 0 fully saturated rings. The molecule has 4 heteroatoms. The zero-order valence-corrected chi connectivity index (χ0v) is 9.60. The van der Waals surface area contributed by atoms with Crippen LogP contribution in [0.3, 0.4) is 0 Å². The minimum absolute atomic E-state index is 0.0939. The third-order valence-electron chi connectivity index (χ3n) is 2.32. The molecular formula is C11H13NO2S. The Hall–Kier alpha value is -1.16. The van der Waals surface area contributed by atoms with Crippen LogP contribution in [0.2, 0.25) is 0 Å². The highest BCUT2D eigenvalue weighted by molar-refractivity contribution is 7.81. The van der Waals surface area contributed by atoms with E-state index in [0.717, 1.165) is 17.0 Å². The number of anilines is 1. The number of nitrogens with one attached hydrogen (secondary N) is 1. The SMILES string of the molecule is CC(C)(S)c1ccc2c(c1)NC(=O)CO2. The van der Waals surface area contributed by atoms with Crippen LogP contribution in [0, 0.1) is 0 Å². The van der Waals surface area contributed by atoms with Crippen LogP contribution >= 0.6 is 12.6 Å². The molecule has 0 atom stereocenters. The maximum atomic E-state index is 11.1. The predicted molar refractivity (Wildman–Crippen MR) is 62.6 cm³/mol. The van der Waals surface area contributed by atoms with Crippen molar-refractivity contribution in [3.05, 3.63) is 23.8 Å². The molecule has 15 heavy (non-hydrogen) atoms. The Labute approximate surface area is 94.2 Å². The highest BCUT2D eigenvalue weighted by atomic mass is 32.1. The summed E-state index contributed by atoms with van der Waals surface area (Å²) >= 11 is 4.48. The average molecular weight is 223 g/mol. The number of fused-ring (bicyclic) bond motifs is 1. The van der Waals surface area contributed by atoms with Crippen LogP contribution in [0.4, 0.5) is 5.69 Å². The predicted octanol–water partition coefficient (Wildman–Crippen LogP) is 2.18. The Morgan fingerprint density at radius 2 is 2.20 bits per heavy atom. The first-order chi connectivity index (χ1) is 6.97. The summed E-state index contributed by atoms with van der Waals surface area (Å²) in [4.78, 5) is 11.1. The van der Waals surface area contributed by atoms with Crippen LogP contribution < -0.4 is 10.1 Å². The lowest BCUT2D eigenvalue weighted by molar-refractivity contribution is -0.118. The monoisotopic (exact) mass is 223 g/mol. The van der Waals surface area contributed by atoms with E-state index < -0.39 is 0 Å². The zero-order valence-electron chi connectivity index (χ0n) is 8.70. The number of thiol groups is 1. The molecule has 1 aliphatic heterocycles. The second-order valence-electron chi connectivity index (χ2n) is 4.11. The van der Waals surface area contributed by atoms with Gasteiger partial charge in [0.25, 0.3) is 5.91 Å². The summed E-state index contributed by atoms with van der Waals surface area (Å²) in [5, 5.41) is 2.77. The van der Waals surface area contributed by atoms with Crippen molar-refractivity contribution in [2.24, 2.45) is 0 Å². The molecule has 80 valence electrons. The van der Waals surface area contributed by atoms with E-state index >= 15 is 0 Å². The zero-order chi connectivity index (χ0) is 11.1. The number of benzene rings is 1. The highest BCUT2D eigenvalue weighted by Crippen LogP contribution is 2.34. The second-order valence-corrected chi connectivity index (χ2v) is 5.22. The number of hydrogen-bond donors (Lipinski definition) is 2. The number of amides is 1. The summed E-state index contributed by atoms with van der Waals surface area (Å²) in [5.41, 5.74) is 1.78. The molecule has 0 saturated carbocycles. The van der Waals surface area contributed by atoms with Gasteiger partial charge in [0.1, 0.15) is 5.75 Å². The maximum absolute atomic E-state index is 11.1. The van der Waals surface area contributed by atoms with Gasteiger partial charge in [0.05, 0.1) is 5.69 Å². The third kappa shape index (κ3) is 2.09. The molecule has 0 spiro atoms. The number of carbonyl (C=O) groups is 1. The summed E-state index contributed by atoms with van der Waals surface area (Å²) in [5.74, 6) is 0.604. The van der Waals surface area contributed by atoms with Crippen LogP contribution in [-0.2, 0) is 9.54 Å².